The van der Waals surface area contributed by atoms with Gasteiger partial charge in [-0.1, -0.05) is 19.9 Å². The lowest BCUT2D eigenvalue weighted by Gasteiger charge is -2.17. The van der Waals surface area contributed by atoms with Gasteiger partial charge in [0.05, 0.1) is 0 Å². The van der Waals surface area contributed by atoms with Crippen LogP contribution in [0.1, 0.15) is 44.2 Å². The van der Waals surface area contributed by atoms with E-state index in [1.807, 2.05) is 6.07 Å². The summed E-state index contributed by atoms with van der Waals surface area (Å²) < 4.78 is 13.4. The van der Waals surface area contributed by atoms with Crippen molar-refractivity contribution in [3.05, 3.63) is 41.2 Å². The summed E-state index contributed by atoms with van der Waals surface area (Å²) in [6.07, 6.45) is 4.58. The van der Waals surface area contributed by atoms with Crippen LogP contribution in [0, 0.1) is 5.82 Å². The minimum Gasteiger partial charge on any atom is -0.350 e. The maximum absolute atomic E-state index is 13.4. The van der Waals surface area contributed by atoms with Gasteiger partial charge in [-0.05, 0) is 53.5 Å². The minimum atomic E-state index is -0.245. The van der Waals surface area contributed by atoms with E-state index in [9.17, 15) is 9.18 Å². The molecule has 0 aromatic heterocycles. The van der Waals surface area contributed by atoms with Crippen LogP contribution in [-0.4, -0.2) is 11.9 Å². The number of fused-ring (bicyclic) bond motifs is 1. The van der Waals surface area contributed by atoms with E-state index in [1.54, 1.807) is 12.1 Å². The Balaban J connectivity index is 1.94. The van der Waals surface area contributed by atoms with Crippen LogP contribution in [0.15, 0.2) is 24.3 Å². The van der Waals surface area contributed by atoms with Gasteiger partial charge in [0.1, 0.15) is 5.82 Å². The van der Waals surface area contributed by atoms with Crippen LogP contribution in [0.5, 0.6) is 0 Å². The average Bonchev–Trinajstić information content (AvgIpc) is 3.07. The van der Waals surface area contributed by atoms with Crippen molar-refractivity contribution < 1.29 is 9.18 Å². The predicted molar refractivity (Wildman–Crippen MR) is 73.2 cm³/mol. The lowest BCUT2D eigenvalue weighted by molar-refractivity contribution is -0.116. The molecule has 0 unspecified atom stereocenters. The fourth-order valence-corrected chi connectivity index (χ4v) is 2.80. The highest BCUT2D eigenvalue weighted by molar-refractivity contribution is 5.97. The highest BCUT2D eigenvalue weighted by atomic mass is 19.1. The zero-order valence-electron chi connectivity index (χ0n) is 11.3. The van der Waals surface area contributed by atoms with Gasteiger partial charge in [-0.2, -0.15) is 0 Å². The van der Waals surface area contributed by atoms with Gasteiger partial charge >= 0.3 is 0 Å². The Morgan fingerprint density at radius 2 is 2.16 bits per heavy atom. The summed E-state index contributed by atoms with van der Waals surface area (Å²) in [6, 6.07) is 5.23. The van der Waals surface area contributed by atoms with Crippen molar-refractivity contribution in [2.75, 3.05) is 0 Å². The minimum absolute atomic E-state index is 0.0330. The molecule has 0 atom stereocenters. The molecule has 1 saturated carbocycles. The van der Waals surface area contributed by atoms with E-state index in [4.69, 9.17) is 0 Å². The molecule has 3 rings (SSSR count). The van der Waals surface area contributed by atoms with Crippen molar-refractivity contribution in [2.24, 2.45) is 0 Å². The summed E-state index contributed by atoms with van der Waals surface area (Å²) >= 11 is 0. The number of amides is 1. The summed E-state index contributed by atoms with van der Waals surface area (Å²) in [5, 5.41) is 2.94. The van der Waals surface area contributed by atoms with Crippen LogP contribution < -0.4 is 5.32 Å². The fourth-order valence-electron chi connectivity index (χ4n) is 2.80. The predicted octanol–water partition coefficient (Wildman–Crippen LogP) is 3.17. The van der Waals surface area contributed by atoms with Gasteiger partial charge in [0.25, 0.3) is 0 Å². The monoisotopic (exact) mass is 259 g/mol. The second-order valence-electron chi connectivity index (χ2n) is 6.20. The van der Waals surface area contributed by atoms with E-state index in [1.165, 1.54) is 6.07 Å². The first kappa shape index (κ1) is 12.4. The second-order valence-corrected chi connectivity index (χ2v) is 6.20. The molecule has 0 spiro atoms. The highest BCUT2D eigenvalue weighted by Crippen LogP contribution is 2.45. The third-order valence-electron chi connectivity index (χ3n) is 3.92. The van der Waals surface area contributed by atoms with E-state index in [0.717, 1.165) is 36.0 Å². The number of allylic oxidation sites excluding steroid dienone is 1. The van der Waals surface area contributed by atoms with Gasteiger partial charge in [0.2, 0.25) is 5.91 Å². The SMILES string of the molecule is CC1(C)CC(=CC(=O)NC2CC2)c2cc(F)ccc21. The van der Waals surface area contributed by atoms with Crippen LogP contribution in [0.25, 0.3) is 5.57 Å². The maximum Gasteiger partial charge on any atom is 0.244 e. The molecule has 1 aromatic rings. The van der Waals surface area contributed by atoms with Crippen molar-refractivity contribution in [1.82, 2.24) is 5.32 Å². The summed E-state index contributed by atoms with van der Waals surface area (Å²) in [7, 11) is 0. The normalized spacial score (nSPS) is 22.4. The number of carbonyl (C=O) groups is 1. The quantitative estimate of drug-likeness (QED) is 0.812. The van der Waals surface area contributed by atoms with Gasteiger partial charge in [-0.15, -0.1) is 0 Å². The third kappa shape index (κ3) is 2.42. The molecule has 2 aliphatic carbocycles. The lowest BCUT2D eigenvalue weighted by atomic mass is 9.86. The van der Waals surface area contributed by atoms with E-state index in [2.05, 4.69) is 19.2 Å². The fraction of sp³-hybridized carbons (Fsp3) is 0.438. The van der Waals surface area contributed by atoms with E-state index >= 15 is 0 Å². The largest absolute Gasteiger partial charge is 0.350 e. The Bertz CT molecular complexity index is 570. The number of hydrogen-bond donors (Lipinski definition) is 1. The molecule has 0 radical (unpaired) electrons. The number of halogens is 1. The van der Waals surface area contributed by atoms with E-state index in [-0.39, 0.29) is 17.1 Å². The number of rotatable bonds is 2. The zero-order valence-corrected chi connectivity index (χ0v) is 11.3. The third-order valence-corrected chi connectivity index (χ3v) is 3.92. The first-order chi connectivity index (χ1) is 8.95. The van der Waals surface area contributed by atoms with Crippen LogP contribution in [0.3, 0.4) is 0 Å². The van der Waals surface area contributed by atoms with Crippen LogP contribution >= 0.6 is 0 Å². The molecule has 0 heterocycles. The van der Waals surface area contributed by atoms with Gasteiger partial charge < -0.3 is 5.32 Å². The van der Waals surface area contributed by atoms with Crippen molar-refractivity contribution in [3.8, 4) is 0 Å². The summed E-state index contributed by atoms with van der Waals surface area (Å²) in [5.74, 6) is -0.296. The zero-order chi connectivity index (χ0) is 13.6. The van der Waals surface area contributed by atoms with Crippen molar-refractivity contribution in [2.45, 2.75) is 44.6 Å². The Kier molecular flexibility index (Phi) is 2.73. The first-order valence-corrected chi connectivity index (χ1v) is 6.77. The number of hydrogen-bond acceptors (Lipinski definition) is 1. The van der Waals surface area contributed by atoms with Crippen molar-refractivity contribution in [3.63, 3.8) is 0 Å². The second kappa shape index (κ2) is 4.19. The molecule has 1 aromatic carbocycles. The Hall–Kier alpha value is -1.64. The van der Waals surface area contributed by atoms with Gasteiger partial charge in [0, 0.05) is 12.1 Å². The van der Waals surface area contributed by atoms with E-state index in [0.29, 0.717) is 6.04 Å². The molecule has 1 amide bonds. The summed E-state index contributed by atoms with van der Waals surface area (Å²) in [4.78, 5) is 11.9. The lowest BCUT2D eigenvalue weighted by Crippen LogP contribution is -2.23. The van der Waals surface area contributed by atoms with Gasteiger partial charge in [0.15, 0.2) is 0 Å². The molecule has 19 heavy (non-hydrogen) atoms. The Labute approximate surface area is 112 Å². The number of nitrogens with one attached hydrogen (secondary N) is 1. The summed E-state index contributed by atoms with van der Waals surface area (Å²) in [5.41, 5.74) is 2.92. The number of benzene rings is 1. The number of carbonyl (C=O) groups excluding carboxylic acids is 1. The van der Waals surface area contributed by atoms with Gasteiger partial charge in [-0.3, -0.25) is 4.79 Å². The molecule has 0 saturated heterocycles. The molecule has 1 N–H and O–H groups in total. The molecule has 1 fully saturated rings. The van der Waals surface area contributed by atoms with Crippen molar-refractivity contribution in [1.29, 1.82) is 0 Å². The smallest absolute Gasteiger partial charge is 0.244 e. The average molecular weight is 259 g/mol. The molecule has 100 valence electrons. The molecule has 2 aliphatic rings. The van der Waals surface area contributed by atoms with Gasteiger partial charge in [-0.25, -0.2) is 4.39 Å². The topological polar surface area (TPSA) is 29.1 Å². The van der Waals surface area contributed by atoms with Crippen LogP contribution in [-0.2, 0) is 10.2 Å². The standard InChI is InChI=1S/C16H18FNO/c1-16(2)9-10(7-15(19)18-12-4-5-12)13-8-11(17)3-6-14(13)16/h3,6-8,12H,4-5,9H2,1-2H3,(H,18,19). The van der Waals surface area contributed by atoms with E-state index < -0.39 is 0 Å². The summed E-state index contributed by atoms with van der Waals surface area (Å²) in [6.45, 7) is 4.26. The Morgan fingerprint density at radius 3 is 2.84 bits per heavy atom. The maximum atomic E-state index is 13.4. The molecular weight excluding hydrogens is 241 g/mol. The molecule has 2 nitrogen and oxygen atoms in total. The molecular formula is C16H18FNO. The Morgan fingerprint density at radius 1 is 1.42 bits per heavy atom. The van der Waals surface area contributed by atoms with Crippen LogP contribution in [0.2, 0.25) is 0 Å². The first-order valence-electron chi connectivity index (χ1n) is 6.77. The van der Waals surface area contributed by atoms with Crippen molar-refractivity contribution >= 4 is 11.5 Å². The highest BCUT2D eigenvalue weighted by Gasteiger charge is 2.34. The van der Waals surface area contributed by atoms with Crippen LogP contribution in [0.4, 0.5) is 4.39 Å². The molecule has 3 heteroatoms. The molecule has 0 aliphatic heterocycles. The molecule has 0 bridgehead atoms.